The minimum absolute atomic E-state index is 0.269. The average molecular weight is 252 g/mol. The van der Waals surface area contributed by atoms with E-state index in [1.165, 1.54) is 12.1 Å². The summed E-state index contributed by atoms with van der Waals surface area (Å²) in [6.45, 7) is 2.13. The van der Waals surface area contributed by atoms with E-state index >= 15 is 0 Å². The van der Waals surface area contributed by atoms with Crippen LogP contribution in [-0.2, 0) is 6.61 Å². The molecule has 2 nitrogen and oxygen atoms in total. The van der Waals surface area contributed by atoms with E-state index in [1.54, 1.807) is 24.4 Å². The van der Waals surface area contributed by atoms with Gasteiger partial charge in [-0.3, -0.25) is 4.98 Å². The van der Waals surface area contributed by atoms with Crippen molar-refractivity contribution >= 4 is 11.6 Å². The predicted octanol–water partition coefficient (Wildman–Crippen LogP) is 3.76. The molecule has 0 fully saturated rings. The first-order chi connectivity index (χ1) is 8.15. The molecule has 1 heterocycles. The molecule has 0 N–H and O–H groups in total. The largest absolute Gasteiger partial charge is 0.487 e. The van der Waals surface area contributed by atoms with Crippen molar-refractivity contribution in [3.63, 3.8) is 0 Å². The van der Waals surface area contributed by atoms with Crippen LogP contribution in [0.25, 0.3) is 0 Å². The molecule has 4 heteroatoms. The predicted molar refractivity (Wildman–Crippen MR) is 64.7 cm³/mol. The maximum Gasteiger partial charge on any atom is 0.130 e. The molecule has 1 aromatic carbocycles. The Balaban J connectivity index is 2.09. The first-order valence-electron chi connectivity index (χ1n) is 5.14. The Morgan fingerprint density at radius 1 is 1.29 bits per heavy atom. The van der Waals surface area contributed by atoms with E-state index in [-0.39, 0.29) is 12.4 Å². The van der Waals surface area contributed by atoms with E-state index in [9.17, 15) is 4.39 Å². The number of aryl methyl sites for hydroxylation is 1. The summed E-state index contributed by atoms with van der Waals surface area (Å²) < 4.78 is 18.5. The standard InChI is InChI=1S/C13H11ClFNO/c1-9-2-3-11(15)7-13(9)17-8-12-6-10(14)4-5-16-12/h2-7H,8H2,1H3. The minimum Gasteiger partial charge on any atom is -0.487 e. The van der Waals surface area contributed by atoms with Crippen molar-refractivity contribution in [2.45, 2.75) is 13.5 Å². The molecule has 2 rings (SSSR count). The molecular formula is C13H11ClFNO. The maximum atomic E-state index is 13.0. The number of hydrogen-bond acceptors (Lipinski definition) is 2. The van der Waals surface area contributed by atoms with E-state index in [4.69, 9.17) is 16.3 Å². The fraction of sp³-hybridized carbons (Fsp3) is 0.154. The second kappa shape index (κ2) is 5.15. The summed E-state index contributed by atoms with van der Waals surface area (Å²) in [5.74, 6) is 0.205. The Bertz CT molecular complexity index is 531. The van der Waals surface area contributed by atoms with Gasteiger partial charge in [-0.1, -0.05) is 17.7 Å². The zero-order valence-electron chi connectivity index (χ0n) is 9.28. The van der Waals surface area contributed by atoms with Crippen LogP contribution < -0.4 is 4.74 Å². The third-order valence-corrected chi connectivity index (χ3v) is 2.54. The van der Waals surface area contributed by atoms with Crippen molar-refractivity contribution in [1.29, 1.82) is 0 Å². The lowest BCUT2D eigenvalue weighted by Gasteiger charge is -2.08. The molecule has 0 radical (unpaired) electrons. The second-order valence-corrected chi connectivity index (χ2v) is 4.10. The third-order valence-electron chi connectivity index (χ3n) is 2.30. The molecule has 2 aromatic rings. The first-order valence-corrected chi connectivity index (χ1v) is 5.52. The Hall–Kier alpha value is -1.61. The molecule has 0 aliphatic rings. The Labute approximate surface area is 104 Å². The summed E-state index contributed by atoms with van der Waals surface area (Å²) in [6, 6.07) is 7.85. The van der Waals surface area contributed by atoms with E-state index in [1.807, 2.05) is 6.92 Å². The molecule has 0 spiro atoms. The van der Waals surface area contributed by atoms with Gasteiger partial charge in [0.05, 0.1) is 5.69 Å². The lowest BCUT2D eigenvalue weighted by atomic mass is 10.2. The maximum absolute atomic E-state index is 13.0. The van der Waals surface area contributed by atoms with Gasteiger partial charge in [-0.2, -0.15) is 0 Å². The van der Waals surface area contributed by atoms with Crippen molar-refractivity contribution in [3.8, 4) is 5.75 Å². The summed E-state index contributed by atoms with van der Waals surface area (Å²) in [4.78, 5) is 4.10. The van der Waals surface area contributed by atoms with Crippen LogP contribution >= 0.6 is 11.6 Å². The number of aromatic nitrogens is 1. The van der Waals surface area contributed by atoms with Crippen molar-refractivity contribution in [2.75, 3.05) is 0 Å². The fourth-order valence-electron chi connectivity index (χ4n) is 1.41. The van der Waals surface area contributed by atoms with Crippen LogP contribution in [0.4, 0.5) is 4.39 Å². The van der Waals surface area contributed by atoms with E-state index < -0.39 is 0 Å². The van der Waals surface area contributed by atoms with Gasteiger partial charge in [0, 0.05) is 17.3 Å². The molecule has 0 aliphatic heterocycles. The number of rotatable bonds is 3. The van der Waals surface area contributed by atoms with Crippen LogP contribution in [0.1, 0.15) is 11.3 Å². The molecular weight excluding hydrogens is 241 g/mol. The van der Waals surface area contributed by atoms with Gasteiger partial charge in [0.2, 0.25) is 0 Å². The summed E-state index contributed by atoms with van der Waals surface area (Å²) in [5, 5.41) is 0.606. The number of halogens is 2. The fourth-order valence-corrected chi connectivity index (χ4v) is 1.59. The third kappa shape index (κ3) is 3.17. The SMILES string of the molecule is Cc1ccc(F)cc1OCc1cc(Cl)ccn1. The van der Waals surface area contributed by atoms with Crippen LogP contribution in [0.5, 0.6) is 5.75 Å². The molecule has 0 saturated heterocycles. The van der Waals surface area contributed by atoms with Crippen molar-refractivity contribution in [2.24, 2.45) is 0 Å². The summed E-state index contributed by atoms with van der Waals surface area (Å²) in [5.41, 5.74) is 1.59. The minimum atomic E-state index is -0.315. The van der Waals surface area contributed by atoms with Gasteiger partial charge in [-0.15, -0.1) is 0 Å². The molecule has 0 amide bonds. The summed E-state index contributed by atoms with van der Waals surface area (Å²) in [6.07, 6.45) is 1.61. The Kier molecular flexibility index (Phi) is 3.59. The molecule has 0 bridgehead atoms. The van der Waals surface area contributed by atoms with Gasteiger partial charge in [0.25, 0.3) is 0 Å². The Morgan fingerprint density at radius 2 is 2.12 bits per heavy atom. The van der Waals surface area contributed by atoms with E-state index in [0.717, 1.165) is 5.56 Å². The van der Waals surface area contributed by atoms with Gasteiger partial charge in [0.15, 0.2) is 0 Å². The highest BCUT2D eigenvalue weighted by molar-refractivity contribution is 6.30. The van der Waals surface area contributed by atoms with Crippen LogP contribution in [0, 0.1) is 12.7 Å². The number of nitrogens with zero attached hydrogens (tertiary/aromatic N) is 1. The van der Waals surface area contributed by atoms with Crippen LogP contribution in [0.15, 0.2) is 36.5 Å². The van der Waals surface area contributed by atoms with Crippen LogP contribution in [0.2, 0.25) is 5.02 Å². The quantitative estimate of drug-likeness (QED) is 0.829. The topological polar surface area (TPSA) is 22.1 Å². The molecule has 88 valence electrons. The van der Waals surface area contributed by atoms with Gasteiger partial charge >= 0.3 is 0 Å². The molecule has 0 saturated carbocycles. The highest BCUT2D eigenvalue weighted by atomic mass is 35.5. The number of benzene rings is 1. The number of hydrogen-bond donors (Lipinski definition) is 0. The molecule has 0 unspecified atom stereocenters. The number of ether oxygens (including phenoxy) is 1. The van der Waals surface area contributed by atoms with Gasteiger partial charge in [0.1, 0.15) is 18.2 Å². The van der Waals surface area contributed by atoms with Crippen molar-refractivity contribution in [3.05, 3.63) is 58.6 Å². The molecule has 0 aliphatic carbocycles. The lowest BCUT2D eigenvalue weighted by Crippen LogP contribution is -1.99. The number of pyridine rings is 1. The van der Waals surface area contributed by atoms with E-state index in [2.05, 4.69) is 4.98 Å². The lowest BCUT2D eigenvalue weighted by molar-refractivity contribution is 0.297. The normalized spacial score (nSPS) is 10.3. The van der Waals surface area contributed by atoms with Gasteiger partial charge < -0.3 is 4.74 Å². The van der Waals surface area contributed by atoms with Crippen LogP contribution in [-0.4, -0.2) is 4.98 Å². The van der Waals surface area contributed by atoms with Gasteiger partial charge in [-0.05, 0) is 30.7 Å². The highest BCUT2D eigenvalue weighted by Crippen LogP contribution is 2.20. The monoisotopic (exact) mass is 251 g/mol. The van der Waals surface area contributed by atoms with Gasteiger partial charge in [-0.25, -0.2) is 4.39 Å². The Morgan fingerprint density at radius 3 is 2.88 bits per heavy atom. The summed E-state index contributed by atoms with van der Waals surface area (Å²) in [7, 11) is 0. The molecule has 1 aromatic heterocycles. The highest BCUT2D eigenvalue weighted by Gasteiger charge is 2.03. The molecule has 0 atom stereocenters. The van der Waals surface area contributed by atoms with Crippen molar-refractivity contribution in [1.82, 2.24) is 4.98 Å². The zero-order valence-corrected chi connectivity index (χ0v) is 10.0. The molecule has 17 heavy (non-hydrogen) atoms. The van der Waals surface area contributed by atoms with Crippen LogP contribution in [0.3, 0.4) is 0 Å². The smallest absolute Gasteiger partial charge is 0.130 e. The van der Waals surface area contributed by atoms with Crippen molar-refractivity contribution < 1.29 is 9.13 Å². The summed E-state index contributed by atoms with van der Waals surface area (Å²) >= 11 is 5.83. The zero-order chi connectivity index (χ0) is 12.3. The first kappa shape index (κ1) is 11.9. The average Bonchev–Trinajstić information content (AvgIpc) is 2.30. The van der Waals surface area contributed by atoms with E-state index in [0.29, 0.717) is 16.5 Å². The second-order valence-electron chi connectivity index (χ2n) is 3.66.